The van der Waals surface area contributed by atoms with E-state index in [1.165, 1.54) is 13.8 Å². The smallest absolute Gasteiger partial charge is 0.400 e. The molecule has 0 unspecified atom stereocenters. The molecule has 0 N–H and O–H groups in total. The van der Waals surface area contributed by atoms with Gasteiger partial charge in [0, 0.05) is 0 Å². The first kappa shape index (κ1) is 13.9. The summed E-state index contributed by atoms with van der Waals surface area (Å²) in [4.78, 5) is 43.0. The minimum absolute atomic E-state index is 0.00802. The van der Waals surface area contributed by atoms with Gasteiger partial charge in [-0.05, 0) is 13.8 Å². The van der Waals surface area contributed by atoms with Crippen LogP contribution in [0, 0.1) is 0 Å². The van der Waals surface area contributed by atoms with Gasteiger partial charge in [0.25, 0.3) is 0 Å². The fourth-order valence-electron chi connectivity index (χ4n) is 0.558. The van der Waals surface area contributed by atoms with Gasteiger partial charge in [0.2, 0.25) is 0 Å². The fourth-order valence-corrected chi connectivity index (χ4v) is 0.558. The second-order valence-corrected chi connectivity index (χ2v) is 2.25. The molecule has 8 heteroatoms. The monoisotopic (exact) mass is 230 g/mol. The second kappa shape index (κ2) is 7.21. The quantitative estimate of drug-likeness (QED) is 0.363. The van der Waals surface area contributed by atoms with E-state index >= 15 is 0 Å². The van der Waals surface area contributed by atoms with Crippen molar-refractivity contribution in [2.24, 2.45) is 10.2 Å². The number of amides is 2. The van der Waals surface area contributed by atoms with E-state index in [0.29, 0.717) is 0 Å². The SMILES string of the molecule is CCOC(=O)C(=O)N=NC(=O)C(=O)OCC. The van der Waals surface area contributed by atoms with Crippen LogP contribution < -0.4 is 0 Å². The predicted octanol–water partition coefficient (Wildman–Crippen LogP) is -0.382. The number of carbonyl (C=O) groups excluding carboxylic acids is 4. The van der Waals surface area contributed by atoms with E-state index in [2.05, 4.69) is 19.7 Å². The molecule has 0 aliphatic heterocycles. The highest BCUT2D eigenvalue weighted by molar-refractivity contribution is 6.35. The molecule has 0 radical (unpaired) electrons. The number of ether oxygens (including phenoxy) is 2. The Morgan fingerprint density at radius 1 is 0.812 bits per heavy atom. The molecule has 0 bridgehead atoms. The van der Waals surface area contributed by atoms with Crippen LogP contribution in [0.2, 0.25) is 0 Å². The van der Waals surface area contributed by atoms with Crippen molar-refractivity contribution in [1.29, 1.82) is 0 Å². The molecule has 0 heterocycles. The Labute approximate surface area is 90.6 Å². The van der Waals surface area contributed by atoms with Crippen molar-refractivity contribution in [2.75, 3.05) is 13.2 Å². The van der Waals surface area contributed by atoms with Crippen LogP contribution in [0.4, 0.5) is 0 Å². The summed E-state index contributed by atoms with van der Waals surface area (Å²) in [5.74, 6) is -5.22. The summed E-state index contributed by atoms with van der Waals surface area (Å²) in [5, 5.41) is 5.41. The summed E-state index contributed by atoms with van der Waals surface area (Å²) in [6.07, 6.45) is 0. The van der Waals surface area contributed by atoms with E-state index in [4.69, 9.17) is 0 Å². The number of hydrogen-bond acceptors (Lipinski definition) is 6. The van der Waals surface area contributed by atoms with Gasteiger partial charge in [-0.15, -0.1) is 0 Å². The first-order chi connectivity index (χ1) is 7.52. The van der Waals surface area contributed by atoms with Gasteiger partial charge in [-0.2, -0.15) is 0 Å². The molecule has 0 aliphatic rings. The maximum absolute atomic E-state index is 10.8. The first-order valence-corrected chi connectivity index (χ1v) is 4.36. The largest absolute Gasteiger partial charge is 0.459 e. The maximum atomic E-state index is 10.8. The Kier molecular flexibility index (Phi) is 6.25. The molecule has 0 fully saturated rings. The van der Waals surface area contributed by atoms with Gasteiger partial charge < -0.3 is 9.47 Å². The molecule has 0 aliphatic carbocycles. The van der Waals surface area contributed by atoms with E-state index in [9.17, 15) is 19.2 Å². The van der Waals surface area contributed by atoms with Gasteiger partial charge in [0.15, 0.2) is 0 Å². The highest BCUT2D eigenvalue weighted by Crippen LogP contribution is 1.88. The Morgan fingerprint density at radius 3 is 1.38 bits per heavy atom. The van der Waals surface area contributed by atoms with Crippen molar-refractivity contribution >= 4 is 23.8 Å². The fraction of sp³-hybridized carbons (Fsp3) is 0.500. The van der Waals surface area contributed by atoms with Crippen LogP contribution in [-0.4, -0.2) is 37.0 Å². The van der Waals surface area contributed by atoms with Crippen LogP contribution in [-0.2, 0) is 28.7 Å². The van der Waals surface area contributed by atoms with E-state index in [1.54, 1.807) is 0 Å². The van der Waals surface area contributed by atoms with E-state index in [1.807, 2.05) is 0 Å². The third-order valence-electron chi connectivity index (χ3n) is 1.13. The van der Waals surface area contributed by atoms with Crippen molar-refractivity contribution in [3.8, 4) is 0 Å². The number of rotatable bonds is 2. The molecule has 0 aromatic carbocycles. The van der Waals surface area contributed by atoms with Crippen LogP contribution >= 0.6 is 0 Å². The molecule has 8 nitrogen and oxygen atoms in total. The lowest BCUT2D eigenvalue weighted by Crippen LogP contribution is -2.17. The van der Waals surface area contributed by atoms with Gasteiger partial charge in [0.05, 0.1) is 13.2 Å². The minimum Gasteiger partial charge on any atom is -0.459 e. The summed E-state index contributed by atoms with van der Waals surface area (Å²) in [6, 6.07) is 0. The number of nitrogens with zero attached hydrogens (tertiary/aromatic N) is 2. The van der Waals surface area contributed by atoms with Gasteiger partial charge in [-0.25, -0.2) is 9.59 Å². The Bertz CT molecular complexity index is 303. The maximum Gasteiger partial charge on any atom is 0.400 e. The highest BCUT2D eigenvalue weighted by atomic mass is 16.5. The van der Waals surface area contributed by atoms with Gasteiger partial charge >= 0.3 is 23.8 Å². The molecule has 0 aromatic heterocycles. The number of azo groups is 1. The molecule has 0 saturated heterocycles. The second-order valence-electron chi connectivity index (χ2n) is 2.25. The number of carbonyl (C=O) groups is 4. The third kappa shape index (κ3) is 4.94. The zero-order chi connectivity index (χ0) is 12.6. The zero-order valence-electron chi connectivity index (χ0n) is 8.76. The molecule has 0 saturated carbocycles. The Balaban J connectivity index is 4.28. The van der Waals surface area contributed by atoms with Crippen molar-refractivity contribution in [3.05, 3.63) is 0 Å². The van der Waals surface area contributed by atoms with Crippen LogP contribution in [0.25, 0.3) is 0 Å². The molecule has 88 valence electrons. The van der Waals surface area contributed by atoms with Gasteiger partial charge in [0.1, 0.15) is 0 Å². The molecular weight excluding hydrogens is 220 g/mol. The number of hydrogen-bond donors (Lipinski definition) is 0. The molecule has 0 spiro atoms. The van der Waals surface area contributed by atoms with Crippen molar-refractivity contribution in [3.63, 3.8) is 0 Å². The third-order valence-corrected chi connectivity index (χ3v) is 1.13. The van der Waals surface area contributed by atoms with Crippen LogP contribution in [0.5, 0.6) is 0 Å². The first-order valence-electron chi connectivity index (χ1n) is 4.36. The van der Waals surface area contributed by atoms with Crippen molar-refractivity contribution in [1.82, 2.24) is 0 Å². The Hall–Kier alpha value is -2.12. The normalized spacial score (nSPS) is 9.88. The van der Waals surface area contributed by atoms with Gasteiger partial charge in [-0.1, -0.05) is 10.2 Å². The van der Waals surface area contributed by atoms with Crippen LogP contribution in [0.1, 0.15) is 13.8 Å². The lowest BCUT2D eigenvalue weighted by Gasteiger charge is -1.95. The molecule has 16 heavy (non-hydrogen) atoms. The summed E-state index contributed by atoms with van der Waals surface area (Å²) in [5.41, 5.74) is 0. The lowest BCUT2D eigenvalue weighted by molar-refractivity contribution is -0.154. The van der Waals surface area contributed by atoms with Gasteiger partial charge in [-0.3, -0.25) is 9.59 Å². The van der Waals surface area contributed by atoms with Crippen LogP contribution in [0.15, 0.2) is 10.2 Å². The van der Waals surface area contributed by atoms with Crippen molar-refractivity contribution < 1.29 is 28.7 Å². The van der Waals surface area contributed by atoms with E-state index < -0.39 is 23.8 Å². The summed E-state index contributed by atoms with van der Waals surface area (Å²) >= 11 is 0. The zero-order valence-corrected chi connectivity index (χ0v) is 8.76. The minimum atomic E-state index is -1.36. The summed E-state index contributed by atoms with van der Waals surface area (Å²) in [6.45, 7) is 2.97. The molecular formula is C8H10N2O6. The topological polar surface area (TPSA) is 111 Å². The molecule has 0 atom stereocenters. The summed E-state index contributed by atoms with van der Waals surface area (Å²) < 4.78 is 8.55. The summed E-state index contributed by atoms with van der Waals surface area (Å²) in [7, 11) is 0. The van der Waals surface area contributed by atoms with Crippen LogP contribution in [0.3, 0.4) is 0 Å². The molecule has 0 rings (SSSR count). The molecule has 2 amide bonds. The molecule has 0 aromatic rings. The predicted molar refractivity (Wildman–Crippen MR) is 48.1 cm³/mol. The highest BCUT2D eigenvalue weighted by Gasteiger charge is 2.17. The average Bonchev–Trinajstić information content (AvgIpc) is 2.25. The lowest BCUT2D eigenvalue weighted by atomic mass is 10.6. The number of esters is 2. The average molecular weight is 230 g/mol. The van der Waals surface area contributed by atoms with E-state index in [-0.39, 0.29) is 13.2 Å². The standard InChI is InChI=1S/C8H10N2O6/c1-3-15-7(13)5(11)9-10-6(12)8(14)16-4-2/h3-4H2,1-2H3. The Morgan fingerprint density at radius 2 is 1.12 bits per heavy atom. The van der Waals surface area contributed by atoms with E-state index in [0.717, 1.165) is 0 Å². The van der Waals surface area contributed by atoms with Crippen molar-refractivity contribution in [2.45, 2.75) is 13.8 Å².